The van der Waals surface area contributed by atoms with Gasteiger partial charge in [-0.1, -0.05) is 20.8 Å². The summed E-state index contributed by atoms with van der Waals surface area (Å²) >= 11 is 3.96. The van der Waals surface area contributed by atoms with Crippen molar-refractivity contribution in [2.75, 3.05) is 12.4 Å². The highest BCUT2D eigenvalue weighted by molar-refractivity contribution is 7.80. The zero-order valence-corrected chi connectivity index (χ0v) is 9.64. The minimum atomic E-state index is -0.134. The van der Waals surface area contributed by atoms with Crippen molar-refractivity contribution in [3.8, 4) is 0 Å². The predicted molar refractivity (Wildman–Crippen MR) is 58.0 cm³/mol. The van der Waals surface area contributed by atoms with Gasteiger partial charge in [0, 0.05) is 5.75 Å². The van der Waals surface area contributed by atoms with Crippen molar-refractivity contribution in [3.05, 3.63) is 0 Å². The second-order valence-electron chi connectivity index (χ2n) is 3.89. The number of ether oxygens (including phenoxy) is 1. The number of hydrogen-bond donors (Lipinski definition) is 1. The second kappa shape index (κ2) is 7.25. The van der Waals surface area contributed by atoms with E-state index in [1.807, 2.05) is 0 Å². The van der Waals surface area contributed by atoms with Crippen molar-refractivity contribution in [2.45, 2.75) is 33.6 Å². The van der Waals surface area contributed by atoms with Crippen molar-refractivity contribution in [3.63, 3.8) is 0 Å². The van der Waals surface area contributed by atoms with Crippen molar-refractivity contribution in [2.24, 2.45) is 11.8 Å². The summed E-state index contributed by atoms with van der Waals surface area (Å²) in [7, 11) is 0. The number of thiol groups is 1. The lowest BCUT2D eigenvalue weighted by molar-refractivity contribution is -0.144. The van der Waals surface area contributed by atoms with E-state index >= 15 is 0 Å². The lowest BCUT2D eigenvalue weighted by Crippen LogP contribution is -2.13. The summed E-state index contributed by atoms with van der Waals surface area (Å²) in [6.45, 7) is 7.00. The molecule has 78 valence electrons. The van der Waals surface area contributed by atoms with Crippen LogP contribution in [-0.2, 0) is 9.53 Å². The molecule has 2 nitrogen and oxygen atoms in total. The molecule has 0 amide bonds. The molecule has 0 fully saturated rings. The fourth-order valence-electron chi connectivity index (χ4n) is 1.27. The summed E-state index contributed by atoms with van der Waals surface area (Å²) in [5, 5.41) is 0. The average Bonchev–Trinajstić information content (AvgIpc) is 2.00. The third-order valence-electron chi connectivity index (χ3n) is 1.72. The van der Waals surface area contributed by atoms with Crippen LogP contribution in [0.5, 0.6) is 0 Å². The third kappa shape index (κ3) is 8.16. The molecule has 0 bridgehead atoms. The monoisotopic (exact) mass is 204 g/mol. The number of rotatable bonds is 6. The zero-order valence-electron chi connectivity index (χ0n) is 8.75. The molecule has 0 saturated heterocycles. The van der Waals surface area contributed by atoms with Crippen molar-refractivity contribution >= 4 is 18.6 Å². The van der Waals surface area contributed by atoms with Gasteiger partial charge < -0.3 is 4.74 Å². The van der Waals surface area contributed by atoms with Crippen molar-refractivity contribution in [1.82, 2.24) is 0 Å². The number of esters is 1. The minimum Gasteiger partial charge on any atom is -0.465 e. The van der Waals surface area contributed by atoms with Crippen LogP contribution < -0.4 is 0 Å². The van der Waals surface area contributed by atoms with Gasteiger partial charge in [0.15, 0.2) is 0 Å². The van der Waals surface area contributed by atoms with Crippen LogP contribution in [0.25, 0.3) is 0 Å². The molecular weight excluding hydrogens is 184 g/mol. The molecule has 0 radical (unpaired) electrons. The first-order valence-corrected chi connectivity index (χ1v) is 5.46. The molecule has 1 atom stereocenters. The topological polar surface area (TPSA) is 26.3 Å². The number of carbonyl (C=O) groups is 1. The SMILES string of the molecule is CC(C)CC(C)COC(=O)CCS. The molecule has 1 unspecified atom stereocenters. The maximum Gasteiger partial charge on any atom is 0.306 e. The van der Waals surface area contributed by atoms with Gasteiger partial charge in [-0.3, -0.25) is 4.79 Å². The van der Waals surface area contributed by atoms with Gasteiger partial charge >= 0.3 is 5.97 Å². The Morgan fingerprint density at radius 3 is 2.46 bits per heavy atom. The van der Waals surface area contributed by atoms with E-state index in [2.05, 4.69) is 33.4 Å². The van der Waals surface area contributed by atoms with Crippen molar-refractivity contribution in [1.29, 1.82) is 0 Å². The van der Waals surface area contributed by atoms with E-state index in [0.29, 0.717) is 30.6 Å². The number of hydrogen-bond acceptors (Lipinski definition) is 3. The highest BCUT2D eigenvalue weighted by atomic mass is 32.1. The predicted octanol–water partition coefficient (Wildman–Crippen LogP) is 2.53. The van der Waals surface area contributed by atoms with Gasteiger partial charge in [0.1, 0.15) is 0 Å². The zero-order chi connectivity index (χ0) is 10.3. The molecule has 0 aliphatic heterocycles. The van der Waals surface area contributed by atoms with Crippen LogP contribution >= 0.6 is 12.6 Å². The molecule has 0 rings (SSSR count). The average molecular weight is 204 g/mol. The summed E-state index contributed by atoms with van der Waals surface area (Å²) in [6, 6.07) is 0. The summed E-state index contributed by atoms with van der Waals surface area (Å²) < 4.78 is 5.06. The highest BCUT2D eigenvalue weighted by Crippen LogP contribution is 2.11. The molecule has 0 aromatic heterocycles. The van der Waals surface area contributed by atoms with Gasteiger partial charge in [-0.15, -0.1) is 0 Å². The minimum absolute atomic E-state index is 0.134. The van der Waals surface area contributed by atoms with Crippen LogP contribution in [-0.4, -0.2) is 18.3 Å². The van der Waals surface area contributed by atoms with Crippen molar-refractivity contribution < 1.29 is 9.53 Å². The molecule has 0 spiro atoms. The molecule has 0 saturated carbocycles. The molecule has 3 heteroatoms. The van der Waals surface area contributed by atoms with Crippen LogP contribution in [0.3, 0.4) is 0 Å². The molecule has 0 aromatic carbocycles. The van der Waals surface area contributed by atoms with Gasteiger partial charge in [0.05, 0.1) is 13.0 Å². The fourth-order valence-corrected chi connectivity index (χ4v) is 1.45. The van der Waals surface area contributed by atoms with E-state index in [0.717, 1.165) is 6.42 Å². The van der Waals surface area contributed by atoms with Crippen LogP contribution in [0.15, 0.2) is 0 Å². The Morgan fingerprint density at radius 2 is 2.00 bits per heavy atom. The third-order valence-corrected chi connectivity index (χ3v) is 1.94. The molecule has 0 aliphatic rings. The smallest absolute Gasteiger partial charge is 0.306 e. The number of carbonyl (C=O) groups excluding carboxylic acids is 1. The summed E-state index contributed by atoms with van der Waals surface area (Å²) in [5.41, 5.74) is 0. The largest absolute Gasteiger partial charge is 0.465 e. The Hall–Kier alpha value is -0.180. The lowest BCUT2D eigenvalue weighted by atomic mass is 10.00. The lowest BCUT2D eigenvalue weighted by Gasteiger charge is -2.13. The van der Waals surface area contributed by atoms with E-state index in [1.54, 1.807) is 0 Å². The van der Waals surface area contributed by atoms with E-state index in [4.69, 9.17) is 4.74 Å². The Balaban J connectivity index is 3.45. The normalized spacial score (nSPS) is 13.0. The first-order chi connectivity index (χ1) is 6.06. The van der Waals surface area contributed by atoms with E-state index in [1.165, 1.54) is 0 Å². The Bertz CT molecular complexity index is 146. The Labute approximate surface area is 86.5 Å². The van der Waals surface area contributed by atoms with Gasteiger partial charge in [0.2, 0.25) is 0 Å². The van der Waals surface area contributed by atoms with Crippen LogP contribution in [0, 0.1) is 11.8 Å². The van der Waals surface area contributed by atoms with Crippen LogP contribution in [0.4, 0.5) is 0 Å². The Morgan fingerprint density at radius 1 is 1.38 bits per heavy atom. The van der Waals surface area contributed by atoms with Gasteiger partial charge in [-0.05, 0) is 18.3 Å². The van der Waals surface area contributed by atoms with Gasteiger partial charge in [-0.25, -0.2) is 0 Å². The quantitative estimate of drug-likeness (QED) is 0.531. The van der Waals surface area contributed by atoms with Gasteiger partial charge in [-0.2, -0.15) is 12.6 Å². The summed E-state index contributed by atoms with van der Waals surface area (Å²) in [4.78, 5) is 11.0. The fraction of sp³-hybridized carbons (Fsp3) is 0.900. The molecule has 0 aliphatic carbocycles. The van der Waals surface area contributed by atoms with E-state index in [9.17, 15) is 4.79 Å². The van der Waals surface area contributed by atoms with Crippen LogP contribution in [0.2, 0.25) is 0 Å². The Kier molecular flexibility index (Phi) is 7.14. The summed E-state index contributed by atoms with van der Waals surface area (Å²) in [6.07, 6.45) is 1.52. The summed E-state index contributed by atoms with van der Waals surface area (Å²) in [5.74, 6) is 1.56. The van der Waals surface area contributed by atoms with E-state index in [-0.39, 0.29) is 5.97 Å². The molecule has 0 N–H and O–H groups in total. The molecule has 0 aromatic rings. The first-order valence-electron chi connectivity index (χ1n) is 4.82. The standard InChI is InChI=1S/C10H20O2S/c1-8(2)6-9(3)7-12-10(11)4-5-13/h8-9,13H,4-7H2,1-3H3. The maximum absolute atomic E-state index is 11.0. The first kappa shape index (κ1) is 12.8. The molecule has 0 heterocycles. The van der Waals surface area contributed by atoms with Crippen LogP contribution in [0.1, 0.15) is 33.6 Å². The highest BCUT2D eigenvalue weighted by Gasteiger charge is 2.08. The molecule has 13 heavy (non-hydrogen) atoms. The molecular formula is C10H20O2S. The maximum atomic E-state index is 11.0. The van der Waals surface area contributed by atoms with Gasteiger partial charge in [0.25, 0.3) is 0 Å². The van der Waals surface area contributed by atoms with E-state index < -0.39 is 0 Å². The second-order valence-corrected chi connectivity index (χ2v) is 4.34.